The maximum Gasteiger partial charge on any atom is 0.180 e. The predicted octanol–water partition coefficient (Wildman–Crippen LogP) is 2.01. The second kappa shape index (κ2) is 2.48. The minimum Gasteiger partial charge on any atom is -0.370 e. The smallest absolute Gasteiger partial charge is 0.180 e. The molecule has 2 rings (SSSR count). The van der Waals surface area contributed by atoms with E-state index in [4.69, 9.17) is 4.52 Å². The number of anilines is 1. The van der Waals surface area contributed by atoms with Crippen LogP contribution in [0.5, 0.6) is 0 Å². The van der Waals surface area contributed by atoms with Gasteiger partial charge >= 0.3 is 0 Å². The summed E-state index contributed by atoms with van der Waals surface area (Å²) in [6.07, 6.45) is 0. The number of fused-ring (bicyclic) bond motifs is 1. The van der Waals surface area contributed by atoms with Crippen LogP contribution in [0.4, 0.5) is 10.2 Å². The van der Waals surface area contributed by atoms with Crippen LogP contribution in [-0.2, 0) is 0 Å². The predicted molar refractivity (Wildman–Crippen MR) is 43.5 cm³/mol. The zero-order valence-electron chi connectivity index (χ0n) is 6.47. The molecule has 1 N–H and O–H groups in total. The van der Waals surface area contributed by atoms with Crippen molar-refractivity contribution in [3.63, 3.8) is 0 Å². The number of hydrogen-bond acceptors (Lipinski definition) is 3. The third-order valence-electron chi connectivity index (χ3n) is 1.68. The molecule has 1 aromatic heterocycles. The quantitative estimate of drug-likeness (QED) is 0.704. The lowest BCUT2D eigenvalue weighted by Crippen LogP contribution is -1.88. The first-order valence-electron chi connectivity index (χ1n) is 3.54. The maximum absolute atomic E-state index is 13.1. The molecule has 0 radical (unpaired) electrons. The van der Waals surface area contributed by atoms with Crippen LogP contribution in [0.15, 0.2) is 22.7 Å². The Morgan fingerprint density at radius 3 is 3.08 bits per heavy atom. The van der Waals surface area contributed by atoms with E-state index in [1.807, 2.05) is 0 Å². The van der Waals surface area contributed by atoms with Gasteiger partial charge in [0.1, 0.15) is 11.2 Å². The zero-order valence-corrected chi connectivity index (χ0v) is 6.47. The van der Waals surface area contributed by atoms with E-state index in [9.17, 15) is 4.39 Å². The van der Waals surface area contributed by atoms with Crippen molar-refractivity contribution in [3.8, 4) is 0 Å². The molecule has 0 saturated carbocycles. The zero-order chi connectivity index (χ0) is 8.55. The number of rotatable bonds is 1. The monoisotopic (exact) mass is 166 g/mol. The Kier molecular flexibility index (Phi) is 1.46. The maximum atomic E-state index is 13.1. The van der Waals surface area contributed by atoms with Gasteiger partial charge in [-0.05, 0) is 12.1 Å². The van der Waals surface area contributed by atoms with Gasteiger partial charge in [-0.25, -0.2) is 4.39 Å². The van der Waals surface area contributed by atoms with Crippen LogP contribution >= 0.6 is 0 Å². The van der Waals surface area contributed by atoms with Crippen molar-refractivity contribution in [2.24, 2.45) is 0 Å². The largest absolute Gasteiger partial charge is 0.370 e. The topological polar surface area (TPSA) is 38.1 Å². The molecule has 0 amide bonds. The molecule has 1 aromatic carbocycles. The Morgan fingerprint density at radius 2 is 2.33 bits per heavy atom. The van der Waals surface area contributed by atoms with Gasteiger partial charge in [0.15, 0.2) is 11.4 Å². The van der Waals surface area contributed by atoms with E-state index >= 15 is 0 Å². The van der Waals surface area contributed by atoms with Crippen molar-refractivity contribution < 1.29 is 8.91 Å². The normalized spacial score (nSPS) is 10.5. The third-order valence-corrected chi connectivity index (χ3v) is 1.68. The van der Waals surface area contributed by atoms with E-state index in [2.05, 4.69) is 10.5 Å². The summed E-state index contributed by atoms with van der Waals surface area (Å²) in [5.74, 6) is 0.112. The summed E-state index contributed by atoms with van der Waals surface area (Å²) in [4.78, 5) is 0. The van der Waals surface area contributed by atoms with Crippen LogP contribution in [-0.4, -0.2) is 12.2 Å². The number of hydrogen-bond donors (Lipinski definition) is 1. The van der Waals surface area contributed by atoms with Gasteiger partial charge in [-0.2, -0.15) is 0 Å². The molecule has 0 unspecified atom stereocenters. The highest BCUT2D eigenvalue weighted by Crippen LogP contribution is 2.24. The fourth-order valence-electron chi connectivity index (χ4n) is 1.12. The Hall–Kier alpha value is -1.58. The van der Waals surface area contributed by atoms with Crippen LogP contribution in [0, 0.1) is 5.82 Å². The highest BCUT2D eigenvalue weighted by molar-refractivity contribution is 5.88. The Bertz CT molecular complexity index is 410. The average Bonchev–Trinajstić information content (AvgIpc) is 2.49. The molecule has 3 nitrogen and oxygen atoms in total. The summed E-state index contributed by atoms with van der Waals surface area (Å²) in [6.45, 7) is 0. The van der Waals surface area contributed by atoms with Gasteiger partial charge in [0.25, 0.3) is 0 Å². The second-order valence-electron chi connectivity index (χ2n) is 2.39. The molecule has 0 fully saturated rings. The van der Waals surface area contributed by atoms with Crippen LogP contribution < -0.4 is 5.32 Å². The lowest BCUT2D eigenvalue weighted by Gasteiger charge is -1.92. The summed E-state index contributed by atoms with van der Waals surface area (Å²) in [5, 5.41) is 6.80. The highest BCUT2D eigenvalue weighted by Gasteiger charge is 2.09. The van der Waals surface area contributed by atoms with E-state index in [0.29, 0.717) is 16.8 Å². The van der Waals surface area contributed by atoms with Crippen molar-refractivity contribution in [1.29, 1.82) is 0 Å². The van der Waals surface area contributed by atoms with Crippen molar-refractivity contribution in [1.82, 2.24) is 5.16 Å². The number of nitrogens with one attached hydrogen (secondary N) is 1. The first-order chi connectivity index (χ1) is 5.83. The SMILES string of the molecule is CNc1noc2cccc(F)c12. The molecular formula is C8H7FN2O. The van der Waals surface area contributed by atoms with Crippen LogP contribution in [0.3, 0.4) is 0 Å². The minimum absolute atomic E-state index is 0.321. The third kappa shape index (κ3) is 0.845. The van der Waals surface area contributed by atoms with Gasteiger partial charge < -0.3 is 9.84 Å². The molecule has 62 valence electrons. The first-order valence-corrected chi connectivity index (χ1v) is 3.54. The van der Waals surface area contributed by atoms with E-state index in [-0.39, 0.29) is 5.82 Å². The van der Waals surface area contributed by atoms with Crippen LogP contribution in [0.1, 0.15) is 0 Å². The average molecular weight is 166 g/mol. The molecule has 0 aliphatic rings. The van der Waals surface area contributed by atoms with Crippen molar-refractivity contribution in [3.05, 3.63) is 24.0 Å². The van der Waals surface area contributed by atoms with Gasteiger partial charge in [0, 0.05) is 7.05 Å². The summed E-state index contributed by atoms with van der Waals surface area (Å²) >= 11 is 0. The van der Waals surface area contributed by atoms with E-state index in [1.165, 1.54) is 6.07 Å². The molecule has 2 aromatic rings. The number of benzene rings is 1. The summed E-state index contributed by atoms with van der Waals surface area (Å²) in [7, 11) is 1.67. The number of aromatic nitrogens is 1. The van der Waals surface area contributed by atoms with Gasteiger partial charge in [-0.1, -0.05) is 11.2 Å². The Morgan fingerprint density at radius 1 is 1.50 bits per heavy atom. The lowest BCUT2D eigenvalue weighted by atomic mass is 10.2. The summed E-state index contributed by atoms with van der Waals surface area (Å²) in [6, 6.07) is 4.63. The van der Waals surface area contributed by atoms with Crippen molar-refractivity contribution in [2.45, 2.75) is 0 Å². The van der Waals surface area contributed by atoms with Crippen molar-refractivity contribution in [2.75, 3.05) is 12.4 Å². The highest BCUT2D eigenvalue weighted by atomic mass is 19.1. The Labute approximate surface area is 68.2 Å². The summed E-state index contributed by atoms with van der Waals surface area (Å²) in [5.41, 5.74) is 0.458. The standard InChI is InChI=1S/C8H7FN2O/c1-10-8-7-5(9)3-2-4-6(7)12-11-8/h2-4H,1H3,(H,10,11). The van der Waals surface area contributed by atoms with Gasteiger partial charge in [-0.3, -0.25) is 0 Å². The summed E-state index contributed by atoms with van der Waals surface area (Å²) < 4.78 is 18.0. The molecule has 0 aliphatic carbocycles. The molecule has 0 saturated heterocycles. The van der Waals surface area contributed by atoms with E-state index < -0.39 is 0 Å². The molecule has 0 bridgehead atoms. The second-order valence-corrected chi connectivity index (χ2v) is 2.39. The molecule has 4 heteroatoms. The van der Waals surface area contributed by atoms with Gasteiger partial charge in [0.2, 0.25) is 0 Å². The molecular weight excluding hydrogens is 159 g/mol. The molecule has 0 spiro atoms. The van der Waals surface area contributed by atoms with Crippen molar-refractivity contribution >= 4 is 16.8 Å². The molecule has 12 heavy (non-hydrogen) atoms. The molecule has 0 atom stereocenters. The van der Waals surface area contributed by atoms with Gasteiger partial charge in [0.05, 0.1) is 0 Å². The minimum atomic E-state index is -0.321. The van der Waals surface area contributed by atoms with Crippen LogP contribution in [0.2, 0.25) is 0 Å². The van der Waals surface area contributed by atoms with Gasteiger partial charge in [-0.15, -0.1) is 0 Å². The lowest BCUT2D eigenvalue weighted by molar-refractivity contribution is 0.459. The van der Waals surface area contributed by atoms with E-state index in [0.717, 1.165) is 0 Å². The fourth-order valence-corrected chi connectivity index (χ4v) is 1.12. The number of nitrogens with zero attached hydrogens (tertiary/aromatic N) is 1. The van der Waals surface area contributed by atoms with Crippen LogP contribution in [0.25, 0.3) is 11.0 Å². The number of halogens is 1. The molecule has 1 heterocycles. The first kappa shape index (κ1) is 7.09. The van der Waals surface area contributed by atoms with E-state index in [1.54, 1.807) is 19.2 Å². The molecule has 0 aliphatic heterocycles. The fraction of sp³-hybridized carbons (Fsp3) is 0.125. The Balaban J connectivity index is 2.83.